The highest BCUT2D eigenvalue weighted by molar-refractivity contribution is 7.67. The summed E-state index contributed by atoms with van der Waals surface area (Å²) in [5.41, 5.74) is 0. The summed E-state index contributed by atoms with van der Waals surface area (Å²) in [4.78, 5) is 0. The van der Waals surface area contributed by atoms with E-state index in [2.05, 4.69) is 0 Å². The number of rotatable bonds is 4. The lowest BCUT2D eigenvalue weighted by Gasteiger charge is -2.12. The molecule has 0 bridgehead atoms. The minimum atomic E-state index is -2.11. The van der Waals surface area contributed by atoms with E-state index in [1.165, 1.54) is 0 Å². The largest absolute Gasteiger partial charge is 0.554 e. The van der Waals surface area contributed by atoms with E-state index >= 15 is 0 Å². The Balaban J connectivity index is 2.45. The van der Waals surface area contributed by atoms with Crippen molar-refractivity contribution in [3.05, 3.63) is 0 Å². The van der Waals surface area contributed by atoms with Crippen molar-refractivity contribution >= 4 is 23.3 Å². The molecular weight excluding hydrogens is 189 g/mol. The number of hydrogen-bond donors (Lipinski definition) is 0. The first-order valence-electron chi connectivity index (χ1n) is 3.92. The molecule has 0 aliphatic carbocycles. The predicted molar refractivity (Wildman–Crippen MR) is 49.1 cm³/mol. The van der Waals surface area contributed by atoms with Crippen LogP contribution in [0.2, 0.25) is 0 Å². The number of methoxy groups -OCH3 is 1. The molecule has 1 rings (SSSR count). The van der Waals surface area contributed by atoms with Gasteiger partial charge in [0.15, 0.2) is 0 Å². The maximum Gasteiger partial charge on any atom is 0.554 e. The normalized spacial score (nSPS) is 34.8. The van der Waals surface area contributed by atoms with Gasteiger partial charge < -0.3 is 9.47 Å². The highest BCUT2D eigenvalue weighted by Crippen LogP contribution is 2.29. The summed E-state index contributed by atoms with van der Waals surface area (Å²) in [6.45, 7) is 0.363. The molecule has 1 aliphatic heterocycles. The van der Waals surface area contributed by atoms with Gasteiger partial charge >= 0.3 is 15.5 Å². The predicted octanol–water partition coefficient (Wildman–Crippen LogP) is 0.127. The molecule has 0 aromatic heterocycles. The van der Waals surface area contributed by atoms with Gasteiger partial charge in [-0.3, -0.25) is 0 Å². The summed E-state index contributed by atoms with van der Waals surface area (Å²) < 4.78 is 25.7. The molecule has 1 heterocycles. The molecule has 0 N–H and O–H groups in total. The molecule has 0 aromatic carbocycles. The van der Waals surface area contributed by atoms with Crippen LogP contribution < -0.4 is 0 Å². The number of ether oxygens (including phenoxy) is 2. The van der Waals surface area contributed by atoms with Gasteiger partial charge in [-0.15, -0.1) is 0 Å². The van der Waals surface area contributed by atoms with Gasteiger partial charge in [0, 0.05) is 13.1 Å². The van der Waals surface area contributed by atoms with Crippen molar-refractivity contribution in [2.75, 3.05) is 13.7 Å². The summed E-state index contributed by atoms with van der Waals surface area (Å²) >= 11 is 0. The maximum absolute atomic E-state index is 10.6. The first-order valence-corrected chi connectivity index (χ1v) is 5.17. The van der Waals surface area contributed by atoms with E-state index in [1.807, 2.05) is 0 Å². The Labute approximate surface area is 81.0 Å². The van der Waals surface area contributed by atoms with Crippen molar-refractivity contribution in [2.45, 2.75) is 24.6 Å². The van der Waals surface area contributed by atoms with Crippen LogP contribution in [0.5, 0.6) is 0 Å². The Morgan fingerprint density at radius 3 is 2.92 bits per heavy atom. The minimum absolute atomic E-state index is 0.275. The molecule has 1 aliphatic rings. The second kappa shape index (κ2) is 5.11. The Bertz CT molecular complexity index is 191. The van der Waals surface area contributed by atoms with E-state index in [0.29, 0.717) is 13.0 Å². The molecule has 1 fully saturated rings. The zero-order valence-electron chi connectivity index (χ0n) is 7.38. The smallest absolute Gasteiger partial charge is 0.382 e. The second-order valence-electron chi connectivity index (χ2n) is 2.83. The van der Waals surface area contributed by atoms with Crippen LogP contribution in [0.15, 0.2) is 0 Å². The lowest BCUT2D eigenvalue weighted by molar-refractivity contribution is -0.00810. The lowest BCUT2D eigenvalue weighted by atomic mass is 9.96. The van der Waals surface area contributed by atoms with Gasteiger partial charge in [0.1, 0.15) is 20.1 Å². The van der Waals surface area contributed by atoms with Crippen LogP contribution in [0.3, 0.4) is 0 Å². The van der Waals surface area contributed by atoms with Gasteiger partial charge in [-0.2, -0.15) is 4.52 Å². The van der Waals surface area contributed by atoms with E-state index in [9.17, 15) is 4.57 Å². The Kier molecular flexibility index (Phi) is 4.39. The molecule has 68 valence electrons. The second-order valence-corrected chi connectivity index (χ2v) is 3.61. The standard InChI is InChI=1S/C6H10B2O4P/c1-10-3-5-4(12-13(8)9)2-6(7)11-5/h4-6H,2-3H2,1H3/q+1/t4-,5?,6-/m1/s1. The third kappa shape index (κ3) is 3.39. The van der Waals surface area contributed by atoms with Crippen LogP contribution in [-0.2, 0) is 18.6 Å². The van der Waals surface area contributed by atoms with Crippen molar-refractivity contribution < 1.29 is 18.6 Å². The monoisotopic (exact) mass is 199 g/mol. The molecule has 0 amide bonds. The first kappa shape index (κ1) is 11.2. The third-order valence-electron chi connectivity index (χ3n) is 1.80. The summed E-state index contributed by atoms with van der Waals surface area (Å²) in [5.74, 6) is 0. The fourth-order valence-corrected chi connectivity index (χ4v) is 1.79. The zero-order chi connectivity index (χ0) is 9.84. The molecule has 1 saturated heterocycles. The maximum atomic E-state index is 10.6. The molecule has 4 atom stereocenters. The van der Waals surface area contributed by atoms with E-state index in [-0.39, 0.29) is 18.2 Å². The highest BCUT2D eigenvalue weighted by Gasteiger charge is 2.37. The molecule has 13 heavy (non-hydrogen) atoms. The van der Waals surface area contributed by atoms with Crippen molar-refractivity contribution in [3.8, 4) is 0 Å². The third-order valence-corrected chi connectivity index (χ3v) is 2.28. The van der Waals surface area contributed by atoms with Crippen LogP contribution in [0.4, 0.5) is 0 Å². The number of hydrogen-bond acceptors (Lipinski definition) is 4. The molecule has 4 nitrogen and oxygen atoms in total. The fourth-order valence-electron chi connectivity index (χ4n) is 1.30. The minimum Gasteiger partial charge on any atom is -0.382 e. The Morgan fingerprint density at radius 1 is 1.69 bits per heavy atom. The summed E-state index contributed by atoms with van der Waals surface area (Å²) in [5, 5.41) is 0. The lowest BCUT2D eigenvalue weighted by Crippen LogP contribution is -2.27. The van der Waals surface area contributed by atoms with Crippen molar-refractivity contribution in [3.63, 3.8) is 0 Å². The van der Waals surface area contributed by atoms with Crippen LogP contribution in [0, 0.1) is 0 Å². The first-order chi connectivity index (χ1) is 6.13. The summed E-state index contributed by atoms with van der Waals surface area (Å²) in [6.07, 6.45) is -0.113. The van der Waals surface area contributed by atoms with Crippen LogP contribution in [-0.4, -0.2) is 47.3 Å². The van der Waals surface area contributed by atoms with Gasteiger partial charge in [-0.05, 0) is 6.42 Å². The average Bonchev–Trinajstić information content (AvgIpc) is 2.31. The van der Waals surface area contributed by atoms with Crippen LogP contribution in [0.25, 0.3) is 0 Å². The molecule has 7 heteroatoms. The fraction of sp³-hybridized carbons (Fsp3) is 1.00. The van der Waals surface area contributed by atoms with Crippen molar-refractivity contribution in [1.29, 1.82) is 0 Å². The van der Waals surface area contributed by atoms with E-state index in [0.717, 1.165) is 0 Å². The zero-order valence-corrected chi connectivity index (χ0v) is 8.28. The molecule has 2 unspecified atom stereocenters. The van der Waals surface area contributed by atoms with E-state index in [4.69, 9.17) is 29.4 Å². The molecule has 0 spiro atoms. The Hall–Kier alpha value is 0.110. The molecular formula is C6H10B2O4P+. The van der Waals surface area contributed by atoms with Crippen LogP contribution >= 0.6 is 7.91 Å². The Morgan fingerprint density at radius 2 is 2.38 bits per heavy atom. The van der Waals surface area contributed by atoms with E-state index in [1.54, 1.807) is 7.11 Å². The van der Waals surface area contributed by atoms with E-state index < -0.39 is 7.91 Å². The van der Waals surface area contributed by atoms with Crippen molar-refractivity contribution in [1.82, 2.24) is 0 Å². The summed E-state index contributed by atoms with van der Waals surface area (Å²) in [6, 6.07) is -0.389. The highest BCUT2D eigenvalue weighted by atomic mass is 31.1. The van der Waals surface area contributed by atoms with Gasteiger partial charge in [0.05, 0.1) is 6.61 Å². The van der Waals surface area contributed by atoms with Gasteiger partial charge in [0.25, 0.3) is 0 Å². The van der Waals surface area contributed by atoms with Crippen LogP contribution in [0.1, 0.15) is 6.42 Å². The molecule has 4 radical (unpaired) electrons. The quantitative estimate of drug-likeness (QED) is 0.476. The summed E-state index contributed by atoms with van der Waals surface area (Å²) in [7, 11) is 9.99. The molecule has 0 saturated carbocycles. The molecule has 0 aromatic rings. The average molecular weight is 199 g/mol. The van der Waals surface area contributed by atoms with Crippen molar-refractivity contribution in [2.24, 2.45) is 0 Å². The van der Waals surface area contributed by atoms with Gasteiger partial charge in [-0.1, -0.05) is 4.57 Å². The SMILES string of the molecule is [B][C@H]1C[C@@H](O[P+]([B])=O)C(COC)O1. The topological polar surface area (TPSA) is 44.8 Å². The van der Waals surface area contributed by atoms with Gasteiger partial charge in [-0.25, -0.2) is 0 Å². The van der Waals surface area contributed by atoms with Gasteiger partial charge in [0.2, 0.25) is 0 Å².